The molecular formula is C19H26N4O6. The predicted octanol–water partition coefficient (Wildman–Crippen LogP) is 0.520. The molecule has 10 nitrogen and oxygen atoms in total. The molecule has 29 heavy (non-hydrogen) atoms. The maximum absolute atomic E-state index is 12.9. The van der Waals surface area contributed by atoms with Crippen LogP contribution in [-0.2, 0) is 14.4 Å². The van der Waals surface area contributed by atoms with E-state index in [1.807, 2.05) is 6.92 Å². The number of urea groups is 1. The summed E-state index contributed by atoms with van der Waals surface area (Å²) in [6, 6.07) is 3.55. The lowest BCUT2D eigenvalue weighted by Gasteiger charge is -2.32. The molecule has 1 aliphatic heterocycles. The van der Waals surface area contributed by atoms with Crippen LogP contribution in [0.4, 0.5) is 16.2 Å². The number of benzene rings is 1. The molecule has 0 unspecified atom stereocenters. The summed E-state index contributed by atoms with van der Waals surface area (Å²) in [7, 11) is 0. The summed E-state index contributed by atoms with van der Waals surface area (Å²) < 4.78 is 0. The van der Waals surface area contributed by atoms with Crippen LogP contribution in [0.5, 0.6) is 0 Å². The Morgan fingerprint density at radius 3 is 2.41 bits per heavy atom. The molecule has 5 N–H and O–H groups in total. The summed E-state index contributed by atoms with van der Waals surface area (Å²) >= 11 is 0. The lowest BCUT2D eigenvalue weighted by atomic mass is 9.97. The van der Waals surface area contributed by atoms with E-state index in [4.69, 9.17) is 0 Å². The van der Waals surface area contributed by atoms with Crippen molar-refractivity contribution in [2.24, 2.45) is 5.92 Å². The number of rotatable bonds is 7. The van der Waals surface area contributed by atoms with E-state index in [1.54, 1.807) is 31.2 Å². The Bertz CT molecular complexity index is 797. The third kappa shape index (κ3) is 5.23. The van der Waals surface area contributed by atoms with Gasteiger partial charge in [-0.1, -0.05) is 32.4 Å². The van der Waals surface area contributed by atoms with Gasteiger partial charge in [-0.15, -0.1) is 0 Å². The number of amides is 4. The summed E-state index contributed by atoms with van der Waals surface area (Å²) in [5.74, 6) is -2.81. The summed E-state index contributed by atoms with van der Waals surface area (Å²) in [5, 5.41) is 26.3. The molecule has 1 aromatic rings. The van der Waals surface area contributed by atoms with Crippen molar-refractivity contribution in [3.8, 4) is 0 Å². The number of carboxylic acid groups (broad SMARTS) is 1. The molecule has 1 heterocycles. The molecule has 4 atom stereocenters. The Morgan fingerprint density at radius 2 is 1.83 bits per heavy atom. The molecule has 0 saturated carbocycles. The number of para-hydroxylation sites is 2. The fourth-order valence-electron chi connectivity index (χ4n) is 2.96. The van der Waals surface area contributed by atoms with Crippen LogP contribution in [0, 0.1) is 5.92 Å². The number of aliphatic hydroxyl groups is 1. The van der Waals surface area contributed by atoms with Gasteiger partial charge in [0.15, 0.2) is 6.04 Å². The number of carboxylic acids is 1. The zero-order valence-electron chi connectivity index (χ0n) is 16.5. The Balaban J connectivity index is 2.22. The van der Waals surface area contributed by atoms with Crippen LogP contribution < -0.4 is 20.9 Å². The highest BCUT2D eigenvalue weighted by atomic mass is 16.4. The van der Waals surface area contributed by atoms with Crippen LogP contribution in [0.3, 0.4) is 0 Å². The number of aliphatic hydroxyl groups excluding tert-OH is 1. The van der Waals surface area contributed by atoms with Gasteiger partial charge in [0.1, 0.15) is 12.6 Å². The first-order valence-corrected chi connectivity index (χ1v) is 9.33. The van der Waals surface area contributed by atoms with Gasteiger partial charge in [-0.2, -0.15) is 0 Å². The molecule has 1 aliphatic rings. The monoisotopic (exact) mass is 406 g/mol. The zero-order valence-corrected chi connectivity index (χ0v) is 16.5. The van der Waals surface area contributed by atoms with Gasteiger partial charge in [-0.05, 0) is 25.0 Å². The maximum Gasteiger partial charge on any atom is 0.328 e. The number of carbonyl (C=O) groups is 4. The average Bonchev–Trinajstić information content (AvgIpc) is 2.67. The molecule has 0 spiro atoms. The summed E-state index contributed by atoms with van der Waals surface area (Å²) in [5.41, 5.74) is 0.962. The Morgan fingerprint density at radius 1 is 1.17 bits per heavy atom. The van der Waals surface area contributed by atoms with E-state index in [0.717, 1.165) is 0 Å². The van der Waals surface area contributed by atoms with Gasteiger partial charge in [0.25, 0.3) is 0 Å². The van der Waals surface area contributed by atoms with Gasteiger partial charge < -0.3 is 26.2 Å². The molecule has 0 radical (unpaired) electrons. The molecule has 0 aromatic heterocycles. The van der Waals surface area contributed by atoms with Gasteiger partial charge in [-0.3, -0.25) is 14.5 Å². The van der Waals surface area contributed by atoms with Crippen molar-refractivity contribution < 1.29 is 29.4 Å². The number of anilines is 2. The van der Waals surface area contributed by atoms with Crippen LogP contribution in [-0.4, -0.2) is 58.8 Å². The van der Waals surface area contributed by atoms with E-state index in [0.29, 0.717) is 17.8 Å². The first kappa shape index (κ1) is 22.2. The van der Waals surface area contributed by atoms with Crippen molar-refractivity contribution in [3.63, 3.8) is 0 Å². The van der Waals surface area contributed by atoms with E-state index in [2.05, 4.69) is 16.0 Å². The smallest absolute Gasteiger partial charge is 0.328 e. The first-order valence-electron chi connectivity index (χ1n) is 9.33. The maximum atomic E-state index is 12.9. The van der Waals surface area contributed by atoms with Crippen molar-refractivity contribution in [1.82, 2.24) is 10.6 Å². The van der Waals surface area contributed by atoms with Crippen molar-refractivity contribution >= 4 is 35.2 Å². The van der Waals surface area contributed by atoms with Crippen molar-refractivity contribution in [3.05, 3.63) is 24.3 Å². The number of aliphatic carboxylic acids is 1. The van der Waals surface area contributed by atoms with Crippen LogP contribution in [0.25, 0.3) is 0 Å². The van der Waals surface area contributed by atoms with Crippen LogP contribution >= 0.6 is 0 Å². The van der Waals surface area contributed by atoms with Gasteiger partial charge in [0.2, 0.25) is 11.8 Å². The molecule has 4 amide bonds. The molecule has 10 heteroatoms. The standard InChI is InChI=1S/C19H26N4O6/c1-4-10(2)15(17(26)21-16(11(3)24)18(27)28)22-19(29)23-9-14(25)20-12-7-5-6-8-13(12)23/h5-8,10-11,15-16,24H,4,9H2,1-3H3,(H,20,25)(H,21,26)(H,22,29)(H,27,28)/t10-,11+,15-,16-/m0/s1. The first-order chi connectivity index (χ1) is 13.6. The van der Waals surface area contributed by atoms with Crippen LogP contribution in [0.15, 0.2) is 24.3 Å². The number of carbonyl (C=O) groups excluding carboxylic acids is 3. The Labute approximate surface area is 168 Å². The lowest BCUT2D eigenvalue weighted by molar-refractivity contribution is -0.145. The van der Waals surface area contributed by atoms with E-state index in [-0.39, 0.29) is 18.4 Å². The van der Waals surface area contributed by atoms with Crippen molar-refractivity contribution in [2.75, 3.05) is 16.8 Å². The van der Waals surface area contributed by atoms with Crippen LogP contribution in [0.2, 0.25) is 0 Å². The second-order valence-corrected chi connectivity index (χ2v) is 7.03. The number of nitrogens with zero attached hydrogens (tertiary/aromatic N) is 1. The molecule has 2 rings (SSSR count). The molecule has 0 aliphatic carbocycles. The lowest BCUT2D eigenvalue weighted by Crippen LogP contribution is -2.59. The third-order valence-corrected chi connectivity index (χ3v) is 4.84. The minimum Gasteiger partial charge on any atom is -0.480 e. The third-order valence-electron chi connectivity index (χ3n) is 4.84. The fourth-order valence-corrected chi connectivity index (χ4v) is 2.96. The molecule has 1 aromatic carbocycles. The second kappa shape index (κ2) is 9.37. The fraction of sp³-hybridized carbons (Fsp3) is 0.474. The van der Waals surface area contributed by atoms with Gasteiger partial charge in [0, 0.05) is 0 Å². The quantitative estimate of drug-likeness (QED) is 0.446. The Hall–Kier alpha value is -3.14. The van der Waals surface area contributed by atoms with E-state index < -0.39 is 36.1 Å². The average molecular weight is 406 g/mol. The highest BCUT2D eigenvalue weighted by Crippen LogP contribution is 2.29. The molecule has 0 saturated heterocycles. The minimum absolute atomic E-state index is 0.219. The predicted molar refractivity (Wildman–Crippen MR) is 105 cm³/mol. The highest BCUT2D eigenvalue weighted by Gasteiger charge is 2.34. The van der Waals surface area contributed by atoms with E-state index in [1.165, 1.54) is 11.8 Å². The summed E-state index contributed by atoms with van der Waals surface area (Å²) in [6.45, 7) is 4.59. The van der Waals surface area contributed by atoms with Crippen molar-refractivity contribution in [1.29, 1.82) is 0 Å². The van der Waals surface area contributed by atoms with Crippen LogP contribution in [0.1, 0.15) is 27.2 Å². The van der Waals surface area contributed by atoms with Crippen molar-refractivity contribution in [2.45, 2.75) is 45.4 Å². The molecule has 0 fully saturated rings. The number of fused-ring (bicyclic) bond motifs is 1. The molecule has 0 bridgehead atoms. The topological polar surface area (TPSA) is 148 Å². The number of hydrogen-bond donors (Lipinski definition) is 5. The van der Waals surface area contributed by atoms with Gasteiger partial charge in [-0.25, -0.2) is 9.59 Å². The summed E-state index contributed by atoms with van der Waals surface area (Å²) in [4.78, 5) is 50.0. The normalized spacial score (nSPS) is 17.2. The Kier molecular flexibility index (Phi) is 7.16. The van der Waals surface area contributed by atoms with Gasteiger partial charge in [0.05, 0.1) is 17.5 Å². The molecule has 158 valence electrons. The molecular weight excluding hydrogens is 380 g/mol. The van der Waals surface area contributed by atoms with E-state index in [9.17, 15) is 29.4 Å². The second-order valence-electron chi connectivity index (χ2n) is 7.03. The van der Waals surface area contributed by atoms with E-state index >= 15 is 0 Å². The number of hydrogen-bond acceptors (Lipinski definition) is 5. The largest absolute Gasteiger partial charge is 0.480 e. The zero-order chi connectivity index (χ0) is 21.7. The highest BCUT2D eigenvalue weighted by molar-refractivity contribution is 6.10. The van der Waals surface area contributed by atoms with Gasteiger partial charge >= 0.3 is 12.0 Å². The minimum atomic E-state index is -1.51. The number of nitrogens with one attached hydrogen (secondary N) is 3. The SMILES string of the molecule is CC[C@H](C)[C@H](NC(=O)N1CC(=O)Nc2ccccc21)C(=O)N[C@H](C(=O)O)[C@@H](C)O. The summed E-state index contributed by atoms with van der Waals surface area (Å²) in [6.07, 6.45) is -0.788.